The number of para-hydroxylation sites is 1. The zero-order valence-electron chi connectivity index (χ0n) is 15.8. The van der Waals surface area contributed by atoms with Crippen molar-refractivity contribution in [3.63, 3.8) is 0 Å². The van der Waals surface area contributed by atoms with Crippen molar-refractivity contribution in [2.75, 3.05) is 17.3 Å². The fourth-order valence-electron chi connectivity index (χ4n) is 4.36. The van der Waals surface area contributed by atoms with E-state index in [0.29, 0.717) is 6.42 Å². The molecule has 2 aromatic rings. The summed E-state index contributed by atoms with van der Waals surface area (Å²) < 4.78 is 24.0. The number of fused-ring (bicyclic) bond motifs is 1. The van der Waals surface area contributed by atoms with Crippen LogP contribution in [0.3, 0.4) is 0 Å². The number of thioether (sulfide) groups is 1. The molecule has 0 spiro atoms. The second-order valence-electron chi connectivity index (χ2n) is 7.63. The maximum atomic E-state index is 13.2. The summed E-state index contributed by atoms with van der Waals surface area (Å²) in [5, 5.41) is 1.73. The van der Waals surface area contributed by atoms with Gasteiger partial charge in [-0.3, -0.25) is 4.79 Å². The van der Waals surface area contributed by atoms with Crippen LogP contribution in [0.4, 0.5) is 0 Å². The maximum absolute atomic E-state index is 13.2. The molecular formula is C20H25N3O3S2. The van der Waals surface area contributed by atoms with Gasteiger partial charge in [-0.1, -0.05) is 49.2 Å². The summed E-state index contributed by atoms with van der Waals surface area (Å²) in [5.74, 6) is 0.601. The number of carbonyl (C=O) groups excluding carboxylic acids is 1. The first-order chi connectivity index (χ1) is 13.5. The number of hydrogen-bond donors (Lipinski definition) is 0. The molecule has 1 saturated carbocycles. The van der Waals surface area contributed by atoms with Gasteiger partial charge in [-0.25, -0.2) is 18.4 Å². The molecular weight excluding hydrogens is 394 g/mol. The quantitative estimate of drug-likeness (QED) is 0.547. The van der Waals surface area contributed by atoms with E-state index in [-0.39, 0.29) is 35.2 Å². The lowest BCUT2D eigenvalue weighted by molar-refractivity contribution is -0.133. The lowest BCUT2D eigenvalue weighted by Crippen LogP contribution is -2.49. The molecule has 0 N–H and O–H groups in total. The van der Waals surface area contributed by atoms with Gasteiger partial charge in [0.25, 0.3) is 0 Å². The average Bonchev–Trinajstić information content (AvgIpc) is 3.06. The molecule has 1 aromatic carbocycles. The first kappa shape index (κ1) is 19.6. The van der Waals surface area contributed by atoms with Gasteiger partial charge in [0.05, 0.1) is 22.8 Å². The monoisotopic (exact) mass is 419 g/mol. The minimum Gasteiger partial charge on any atom is -0.335 e. The van der Waals surface area contributed by atoms with Gasteiger partial charge in [-0.05, 0) is 25.3 Å². The van der Waals surface area contributed by atoms with Gasteiger partial charge in [-0.2, -0.15) is 0 Å². The van der Waals surface area contributed by atoms with Crippen LogP contribution in [0.25, 0.3) is 10.9 Å². The Hall–Kier alpha value is -1.67. The molecule has 2 heterocycles. The molecule has 0 bridgehead atoms. The Morgan fingerprint density at radius 3 is 2.61 bits per heavy atom. The predicted molar refractivity (Wildman–Crippen MR) is 111 cm³/mol. The van der Waals surface area contributed by atoms with Crippen LogP contribution in [0.5, 0.6) is 0 Å². The van der Waals surface area contributed by atoms with Crippen LogP contribution >= 0.6 is 11.8 Å². The summed E-state index contributed by atoms with van der Waals surface area (Å²) in [6.07, 6.45) is 7.45. The third-order valence-corrected chi connectivity index (χ3v) is 8.44. The molecule has 1 aromatic heterocycles. The van der Waals surface area contributed by atoms with E-state index in [1.54, 1.807) is 0 Å². The lowest BCUT2D eigenvalue weighted by Gasteiger charge is -2.38. The van der Waals surface area contributed by atoms with Crippen molar-refractivity contribution in [2.24, 2.45) is 0 Å². The Labute approximate surface area is 170 Å². The lowest BCUT2D eigenvalue weighted by atomic mass is 9.93. The summed E-state index contributed by atoms with van der Waals surface area (Å²) >= 11 is 1.42. The summed E-state index contributed by atoms with van der Waals surface area (Å²) in [7, 11) is -3.03. The minimum absolute atomic E-state index is 0.0293. The van der Waals surface area contributed by atoms with Crippen molar-refractivity contribution in [2.45, 2.75) is 55.6 Å². The molecule has 6 nitrogen and oxygen atoms in total. The standard InChI is InChI=1S/C20H25N3O3S2/c24-19(12-27-20-17-8-4-5-9-18(17)21-14-22-20)23(15-6-2-1-3-7-15)16-10-11-28(25,26)13-16/h4-5,8-9,14-16H,1-3,6-7,10-13H2/t16-/m1/s1. The van der Waals surface area contributed by atoms with E-state index in [0.717, 1.165) is 41.6 Å². The molecule has 150 valence electrons. The van der Waals surface area contributed by atoms with Crippen molar-refractivity contribution in [1.82, 2.24) is 14.9 Å². The van der Waals surface area contributed by atoms with Crippen LogP contribution in [0.1, 0.15) is 38.5 Å². The fraction of sp³-hybridized carbons (Fsp3) is 0.550. The predicted octanol–water partition coefficient (Wildman–Crippen LogP) is 3.07. The van der Waals surface area contributed by atoms with E-state index >= 15 is 0 Å². The number of carbonyl (C=O) groups is 1. The van der Waals surface area contributed by atoms with Crippen molar-refractivity contribution >= 4 is 38.4 Å². The maximum Gasteiger partial charge on any atom is 0.233 e. The molecule has 2 fully saturated rings. The highest BCUT2D eigenvalue weighted by Gasteiger charge is 2.38. The largest absolute Gasteiger partial charge is 0.335 e. The second kappa shape index (κ2) is 8.37. The fourth-order valence-corrected chi connectivity index (χ4v) is 6.93. The molecule has 1 atom stereocenters. The highest BCUT2D eigenvalue weighted by Crippen LogP contribution is 2.30. The van der Waals surface area contributed by atoms with Gasteiger partial charge in [0, 0.05) is 17.5 Å². The van der Waals surface area contributed by atoms with Crippen LogP contribution in [-0.2, 0) is 14.6 Å². The molecule has 8 heteroatoms. The number of sulfone groups is 1. The SMILES string of the molecule is O=C(CSc1ncnc2ccccc12)N(C1CCCCC1)[C@@H]1CCS(=O)(=O)C1. The topological polar surface area (TPSA) is 80.2 Å². The Morgan fingerprint density at radius 2 is 1.86 bits per heavy atom. The van der Waals surface area contributed by atoms with Crippen LogP contribution in [0, 0.1) is 0 Å². The molecule has 1 saturated heterocycles. The number of hydrogen-bond acceptors (Lipinski definition) is 6. The molecule has 0 radical (unpaired) electrons. The molecule has 1 aliphatic heterocycles. The zero-order chi connectivity index (χ0) is 19.6. The normalized spacial score (nSPS) is 22.4. The highest BCUT2D eigenvalue weighted by atomic mass is 32.2. The average molecular weight is 420 g/mol. The third-order valence-electron chi connectivity index (χ3n) is 5.70. The molecule has 4 rings (SSSR count). The van der Waals surface area contributed by atoms with Crippen molar-refractivity contribution in [1.29, 1.82) is 0 Å². The Balaban J connectivity index is 1.52. The summed E-state index contributed by atoms with van der Waals surface area (Å²) in [6.45, 7) is 0. The Morgan fingerprint density at radius 1 is 1.07 bits per heavy atom. The first-order valence-electron chi connectivity index (χ1n) is 9.88. The van der Waals surface area contributed by atoms with Crippen molar-refractivity contribution < 1.29 is 13.2 Å². The molecule has 1 amide bonds. The van der Waals surface area contributed by atoms with Crippen LogP contribution in [0.2, 0.25) is 0 Å². The van der Waals surface area contributed by atoms with E-state index in [2.05, 4.69) is 9.97 Å². The smallest absolute Gasteiger partial charge is 0.233 e. The van der Waals surface area contributed by atoms with Gasteiger partial charge >= 0.3 is 0 Å². The third kappa shape index (κ3) is 4.33. The number of rotatable bonds is 5. The van der Waals surface area contributed by atoms with Crippen LogP contribution < -0.4 is 0 Å². The molecule has 1 aliphatic carbocycles. The van der Waals surface area contributed by atoms with E-state index in [1.165, 1.54) is 24.5 Å². The van der Waals surface area contributed by atoms with Gasteiger partial charge in [0.1, 0.15) is 11.4 Å². The van der Waals surface area contributed by atoms with Crippen LogP contribution in [-0.4, -0.2) is 58.5 Å². The van der Waals surface area contributed by atoms with Gasteiger partial charge in [-0.15, -0.1) is 0 Å². The second-order valence-corrected chi connectivity index (χ2v) is 10.8. The summed E-state index contributed by atoms with van der Waals surface area (Å²) in [5.41, 5.74) is 0.860. The van der Waals surface area contributed by atoms with Crippen molar-refractivity contribution in [3.05, 3.63) is 30.6 Å². The molecule has 28 heavy (non-hydrogen) atoms. The summed E-state index contributed by atoms with van der Waals surface area (Å²) in [6, 6.07) is 7.76. The Kier molecular flexibility index (Phi) is 5.87. The molecule has 0 unspecified atom stereocenters. The van der Waals surface area contributed by atoms with Gasteiger partial charge in [0.15, 0.2) is 9.84 Å². The van der Waals surface area contributed by atoms with E-state index in [4.69, 9.17) is 0 Å². The van der Waals surface area contributed by atoms with E-state index in [9.17, 15) is 13.2 Å². The molecule has 2 aliphatic rings. The van der Waals surface area contributed by atoms with Crippen molar-refractivity contribution in [3.8, 4) is 0 Å². The van der Waals surface area contributed by atoms with Crippen LogP contribution in [0.15, 0.2) is 35.6 Å². The highest BCUT2D eigenvalue weighted by molar-refractivity contribution is 8.00. The number of aromatic nitrogens is 2. The number of benzene rings is 1. The number of amides is 1. The minimum atomic E-state index is -3.03. The van der Waals surface area contributed by atoms with E-state index < -0.39 is 9.84 Å². The summed E-state index contributed by atoms with van der Waals surface area (Å²) in [4.78, 5) is 23.8. The van der Waals surface area contributed by atoms with E-state index in [1.807, 2.05) is 29.2 Å². The van der Waals surface area contributed by atoms with Gasteiger partial charge < -0.3 is 4.90 Å². The zero-order valence-corrected chi connectivity index (χ0v) is 17.4. The van der Waals surface area contributed by atoms with Gasteiger partial charge in [0.2, 0.25) is 5.91 Å². The number of nitrogens with zero attached hydrogens (tertiary/aromatic N) is 3. The first-order valence-corrected chi connectivity index (χ1v) is 12.7. The Bertz CT molecular complexity index is 953.